The summed E-state index contributed by atoms with van der Waals surface area (Å²) in [7, 11) is 3.59. The lowest BCUT2D eigenvalue weighted by atomic mass is 10.1. The van der Waals surface area contributed by atoms with Gasteiger partial charge in [-0.3, -0.25) is 4.90 Å². The van der Waals surface area contributed by atoms with Crippen LogP contribution in [0.4, 0.5) is 0 Å². The summed E-state index contributed by atoms with van der Waals surface area (Å²) in [6.45, 7) is 1.90. The highest BCUT2D eigenvalue weighted by atomic mass is 16.5. The highest BCUT2D eigenvalue weighted by Crippen LogP contribution is 2.25. The van der Waals surface area contributed by atoms with Gasteiger partial charge in [-0.15, -0.1) is 0 Å². The minimum Gasteiger partial charge on any atom is -0.493 e. The van der Waals surface area contributed by atoms with Crippen molar-refractivity contribution >= 4 is 5.97 Å². The highest BCUT2D eigenvalue weighted by molar-refractivity contribution is 5.87. The van der Waals surface area contributed by atoms with Crippen LogP contribution in [0.3, 0.4) is 0 Å². The fourth-order valence-electron chi connectivity index (χ4n) is 2.24. The van der Waals surface area contributed by atoms with Gasteiger partial charge in [0.25, 0.3) is 0 Å². The molecule has 23 heavy (non-hydrogen) atoms. The summed E-state index contributed by atoms with van der Waals surface area (Å²) in [4.78, 5) is 13.1. The molecule has 5 nitrogen and oxygen atoms in total. The molecule has 2 aromatic carbocycles. The van der Waals surface area contributed by atoms with E-state index in [9.17, 15) is 4.79 Å². The molecule has 0 saturated carbocycles. The van der Waals surface area contributed by atoms with Gasteiger partial charge in [-0.2, -0.15) is 0 Å². The van der Waals surface area contributed by atoms with Crippen LogP contribution in [-0.2, 0) is 6.54 Å². The quantitative estimate of drug-likeness (QED) is 0.811. The van der Waals surface area contributed by atoms with Crippen molar-refractivity contribution in [3.8, 4) is 11.5 Å². The van der Waals surface area contributed by atoms with E-state index in [2.05, 4.69) is 4.90 Å². The number of rotatable bonds is 8. The second-order valence-electron chi connectivity index (χ2n) is 5.24. The average molecular weight is 315 g/mol. The number of ether oxygens (including phenoxy) is 2. The van der Waals surface area contributed by atoms with Gasteiger partial charge in [-0.1, -0.05) is 24.3 Å². The summed E-state index contributed by atoms with van der Waals surface area (Å²) in [6.07, 6.45) is 0. The zero-order valence-corrected chi connectivity index (χ0v) is 13.4. The fourth-order valence-corrected chi connectivity index (χ4v) is 2.24. The summed E-state index contributed by atoms with van der Waals surface area (Å²) >= 11 is 0. The lowest BCUT2D eigenvalue weighted by Gasteiger charge is -2.18. The lowest BCUT2D eigenvalue weighted by molar-refractivity contribution is 0.0696. The summed E-state index contributed by atoms with van der Waals surface area (Å²) in [6, 6.07) is 14.5. The Balaban J connectivity index is 1.84. The van der Waals surface area contributed by atoms with E-state index >= 15 is 0 Å². The number of para-hydroxylation sites is 2. The molecule has 0 aliphatic heterocycles. The molecule has 0 aromatic heterocycles. The molecule has 5 heteroatoms. The normalized spacial score (nSPS) is 10.6. The van der Waals surface area contributed by atoms with Crippen LogP contribution in [0.5, 0.6) is 11.5 Å². The van der Waals surface area contributed by atoms with Gasteiger partial charge in [0.15, 0.2) is 11.5 Å². The molecule has 2 rings (SSSR count). The van der Waals surface area contributed by atoms with Crippen molar-refractivity contribution in [1.29, 1.82) is 0 Å². The van der Waals surface area contributed by atoms with Crippen molar-refractivity contribution in [2.75, 3.05) is 27.3 Å². The molecule has 0 spiro atoms. The molecule has 0 bridgehead atoms. The Kier molecular flexibility index (Phi) is 6.00. The average Bonchev–Trinajstić information content (AvgIpc) is 2.55. The van der Waals surface area contributed by atoms with Gasteiger partial charge in [-0.05, 0) is 36.9 Å². The van der Waals surface area contributed by atoms with E-state index in [0.717, 1.165) is 17.9 Å². The lowest BCUT2D eigenvalue weighted by Crippen LogP contribution is -2.24. The Morgan fingerprint density at radius 1 is 1.13 bits per heavy atom. The van der Waals surface area contributed by atoms with Gasteiger partial charge in [0.05, 0.1) is 12.7 Å². The molecule has 0 radical (unpaired) electrons. The number of aromatic carboxylic acids is 1. The number of hydrogen-bond donors (Lipinski definition) is 1. The molecule has 2 aromatic rings. The second-order valence-corrected chi connectivity index (χ2v) is 5.24. The van der Waals surface area contributed by atoms with Crippen molar-refractivity contribution in [1.82, 2.24) is 4.90 Å². The first kappa shape index (κ1) is 16.8. The Labute approximate surface area is 136 Å². The molecule has 1 N–H and O–H groups in total. The third-order valence-electron chi connectivity index (χ3n) is 3.43. The molecule has 122 valence electrons. The van der Waals surface area contributed by atoms with Gasteiger partial charge in [0, 0.05) is 13.1 Å². The van der Waals surface area contributed by atoms with E-state index in [1.807, 2.05) is 37.4 Å². The second kappa shape index (κ2) is 8.19. The van der Waals surface area contributed by atoms with Gasteiger partial charge in [-0.25, -0.2) is 4.79 Å². The monoisotopic (exact) mass is 315 g/mol. The molecule has 0 saturated heterocycles. The summed E-state index contributed by atoms with van der Waals surface area (Å²) in [5.41, 5.74) is 1.27. The zero-order chi connectivity index (χ0) is 16.7. The fraction of sp³-hybridized carbons (Fsp3) is 0.278. The predicted octanol–water partition coefficient (Wildman–Crippen LogP) is 2.90. The topological polar surface area (TPSA) is 59.0 Å². The Bertz CT molecular complexity index is 657. The minimum atomic E-state index is -0.908. The van der Waals surface area contributed by atoms with E-state index in [-0.39, 0.29) is 0 Å². The molecule has 0 fully saturated rings. The van der Waals surface area contributed by atoms with Crippen molar-refractivity contribution in [3.05, 3.63) is 59.7 Å². The Hall–Kier alpha value is -2.53. The van der Waals surface area contributed by atoms with Crippen molar-refractivity contribution < 1.29 is 19.4 Å². The van der Waals surface area contributed by atoms with E-state index in [4.69, 9.17) is 14.6 Å². The standard InChI is InChI=1S/C18H21NO4/c1-19(13-14-6-5-7-15(12-14)18(20)21)10-11-23-17-9-4-3-8-16(17)22-2/h3-9,12H,10-11,13H2,1-2H3,(H,20,21). The molecule has 0 atom stereocenters. The third kappa shape index (κ3) is 5.00. The van der Waals surface area contributed by atoms with E-state index in [1.165, 1.54) is 0 Å². The number of carbonyl (C=O) groups is 1. The van der Waals surface area contributed by atoms with Crippen molar-refractivity contribution in [3.63, 3.8) is 0 Å². The Morgan fingerprint density at radius 2 is 1.87 bits per heavy atom. The third-order valence-corrected chi connectivity index (χ3v) is 3.43. The number of likely N-dealkylation sites (N-methyl/N-ethyl adjacent to an activating group) is 1. The molecular weight excluding hydrogens is 294 g/mol. The summed E-state index contributed by atoms with van der Waals surface area (Å²) in [5, 5.41) is 9.01. The number of hydrogen-bond acceptors (Lipinski definition) is 4. The molecule has 0 amide bonds. The van der Waals surface area contributed by atoms with Crippen LogP contribution in [0.15, 0.2) is 48.5 Å². The van der Waals surface area contributed by atoms with Gasteiger partial charge in [0.1, 0.15) is 6.61 Å². The molecule has 0 unspecified atom stereocenters. The molecule has 0 aliphatic rings. The first-order valence-electron chi connectivity index (χ1n) is 7.36. The van der Waals surface area contributed by atoms with Gasteiger partial charge in [0.2, 0.25) is 0 Å². The summed E-state index contributed by atoms with van der Waals surface area (Å²) < 4.78 is 11.0. The van der Waals surface area contributed by atoms with E-state index in [1.54, 1.807) is 25.3 Å². The van der Waals surface area contributed by atoms with Crippen LogP contribution < -0.4 is 9.47 Å². The van der Waals surface area contributed by atoms with Gasteiger partial charge < -0.3 is 14.6 Å². The van der Waals surface area contributed by atoms with Crippen LogP contribution in [-0.4, -0.2) is 43.3 Å². The molecule has 0 heterocycles. The maximum Gasteiger partial charge on any atom is 0.335 e. The Morgan fingerprint density at radius 3 is 2.57 bits per heavy atom. The van der Waals surface area contributed by atoms with Crippen LogP contribution in [0, 0.1) is 0 Å². The van der Waals surface area contributed by atoms with Crippen LogP contribution in [0.2, 0.25) is 0 Å². The van der Waals surface area contributed by atoms with E-state index < -0.39 is 5.97 Å². The first-order chi connectivity index (χ1) is 11.1. The van der Waals surface area contributed by atoms with Crippen LogP contribution >= 0.6 is 0 Å². The van der Waals surface area contributed by atoms with Crippen molar-refractivity contribution in [2.24, 2.45) is 0 Å². The zero-order valence-electron chi connectivity index (χ0n) is 13.4. The largest absolute Gasteiger partial charge is 0.493 e. The van der Waals surface area contributed by atoms with Gasteiger partial charge >= 0.3 is 5.97 Å². The van der Waals surface area contributed by atoms with Crippen LogP contribution in [0.25, 0.3) is 0 Å². The number of carboxylic acid groups (broad SMARTS) is 1. The number of methoxy groups -OCH3 is 1. The van der Waals surface area contributed by atoms with E-state index in [0.29, 0.717) is 24.5 Å². The number of benzene rings is 2. The first-order valence-corrected chi connectivity index (χ1v) is 7.36. The van der Waals surface area contributed by atoms with Crippen molar-refractivity contribution in [2.45, 2.75) is 6.54 Å². The molecular formula is C18H21NO4. The highest BCUT2D eigenvalue weighted by Gasteiger charge is 2.07. The minimum absolute atomic E-state index is 0.307. The van der Waals surface area contributed by atoms with Crippen LogP contribution in [0.1, 0.15) is 15.9 Å². The number of carboxylic acids is 1. The molecule has 0 aliphatic carbocycles. The summed E-state index contributed by atoms with van der Waals surface area (Å²) in [5.74, 6) is 0.523. The smallest absolute Gasteiger partial charge is 0.335 e. The SMILES string of the molecule is COc1ccccc1OCCN(C)Cc1cccc(C(=O)O)c1. The number of nitrogens with zero attached hydrogens (tertiary/aromatic N) is 1. The maximum absolute atomic E-state index is 11.0. The predicted molar refractivity (Wildman–Crippen MR) is 88.2 cm³/mol. The maximum atomic E-state index is 11.0.